The van der Waals surface area contributed by atoms with Gasteiger partial charge in [-0.25, -0.2) is 0 Å². The van der Waals surface area contributed by atoms with Crippen LogP contribution in [0.1, 0.15) is 40.7 Å². The standard InChI is InChI=1S/C14H15N3O2/c1-10-9-13(19-16-10)12-3-2-8-17(12)14(18)11-4-6-15-7-5-11/h4-7,9,12H,2-3,8H2,1H3. The maximum absolute atomic E-state index is 12.5. The molecule has 19 heavy (non-hydrogen) atoms. The third-order valence-corrected chi connectivity index (χ3v) is 3.42. The molecule has 1 aliphatic heterocycles. The SMILES string of the molecule is Cc1cc(C2CCCN2C(=O)c2ccncc2)on1. The number of nitrogens with zero attached hydrogens (tertiary/aromatic N) is 3. The molecule has 2 aromatic heterocycles. The second kappa shape index (κ2) is 4.84. The molecule has 1 amide bonds. The first-order valence-electron chi connectivity index (χ1n) is 6.40. The molecule has 0 saturated carbocycles. The van der Waals surface area contributed by atoms with Gasteiger partial charge in [0.1, 0.15) is 0 Å². The van der Waals surface area contributed by atoms with Crippen LogP contribution < -0.4 is 0 Å². The Morgan fingerprint density at radius 1 is 1.42 bits per heavy atom. The Kier molecular flexibility index (Phi) is 3.03. The number of carbonyl (C=O) groups excluding carboxylic acids is 1. The van der Waals surface area contributed by atoms with E-state index in [0.717, 1.165) is 30.8 Å². The van der Waals surface area contributed by atoms with E-state index in [1.165, 1.54) is 0 Å². The number of aromatic nitrogens is 2. The van der Waals surface area contributed by atoms with E-state index in [4.69, 9.17) is 4.52 Å². The van der Waals surface area contributed by atoms with Gasteiger partial charge < -0.3 is 9.42 Å². The molecule has 98 valence electrons. The molecule has 0 radical (unpaired) electrons. The lowest BCUT2D eigenvalue weighted by atomic mass is 10.1. The number of amides is 1. The Morgan fingerprint density at radius 3 is 2.89 bits per heavy atom. The molecule has 1 unspecified atom stereocenters. The van der Waals surface area contributed by atoms with Crippen LogP contribution in [0.25, 0.3) is 0 Å². The molecule has 3 rings (SSSR count). The quantitative estimate of drug-likeness (QED) is 0.828. The van der Waals surface area contributed by atoms with E-state index >= 15 is 0 Å². The second-order valence-corrected chi connectivity index (χ2v) is 4.76. The first-order valence-corrected chi connectivity index (χ1v) is 6.40. The number of aryl methyl sites for hydroxylation is 1. The third-order valence-electron chi connectivity index (χ3n) is 3.42. The summed E-state index contributed by atoms with van der Waals surface area (Å²) in [6.07, 6.45) is 5.18. The monoisotopic (exact) mass is 257 g/mol. The van der Waals surface area contributed by atoms with Crippen molar-refractivity contribution in [1.29, 1.82) is 0 Å². The number of rotatable bonds is 2. The van der Waals surface area contributed by atoms with Gasteiger partial charge in [-0.05, 0) is 31.9 Å². The molecule has 5 heteroatoms. The molecule has 1 fully saturated rings. The van der Waals surface area contributed by atoms with Crippen molar-refractivity contribution in [3.63, 3.8) is 0 Å². The fourth-order valence-electron chi connectivity index (χ4n) is 2.51. The zero-order chi connectivity index (χ0) is 13.2. The number of likely N-dealkylation sites (tertiary alicyclic amines) is 1. The Morgan fingerprint density at radius 2 is 2.21 bits per heavy atom. The average Bonchev–Trinajstić information content (AvgIpc) is 3.07. The molecule has 0 spiro atoms. The maximum atomic E-state index is 12.5. The van der Waals surface area contributed by atoms with Gasteiger partial charge in [-0.3, -0.25) is 9.78 Å². The Bertz CT molecular complexity index is 579. The van der Waals surface area contributed by atoms with E-state index in [1.807, 2.05) is 17.9 Å². The van der Waals surface area contributed by atoms with Crippen molar-refractivity contribution in [2.45, 2.75) is 25.8 Å². The molecule has 3 heterocycles. The van der Waals surface area contributed by atoms with Crippen LogP contribution in [0.2, 0.25) is 0 Å². The van der Waals surface area contributed by atoms with Gasteiger partial charge in [0.2, 0.25) is 0 Å². The van der Waals surface area contributed by atoms with E-state index in [0.29, 0.717) is 5.56 Å². The Hall–Kier alpha value is -2.17. The maximum Gasteiger partial charge on any atom is 0.254 e. The zero-order valence-corrected chi connectivity index (χ0v) is 10.7. The van der Waals surface area contributed by atoms with Crippen LogP contribution in [0, 0.1) is 6.92 Å². The molecule has 1 atom stereocenters. The predicted molar refractivity (Wildman–Crippen MR) is 68.5 cm³/mol. The van der Waals surface area contributed by atoms with Crippen molar-refractivity contribution in [1.82, 2.24) is 15.0 Å². The highest BCUT2D eigenvalue weighted by Crippen LogP contribution is 2.33. The van der Waals surface area contributed by atoms with Crippen LogP contribution in [0.4, 0.5) is 0 Å². The van der Waals surface area contributed by atoms with Crippen molar-refractivity contribution in [2.75, 3.05) is 6.54 Å². The molecule has 2 aromatic rings. The van der Waals surface area contributed by atoms with E-state index in [1.54, 1.807) is 24.5 Å². The van der Waals surface area contributed by atoms with Crippen molar-refractivity contribution in [3.05, 3.63) is 47.6 Å². The van der Waals surface area contributed by atoms with Crippen molar-refractivity contribution < 1.29 is 9.32 Å². The topological polar surface area (TPSA) is 59.2 Å². The van der Waals surface area contributed by atoms with Gasteiger partial charge in [0, 0.05) is 30.6 Å². The van der Waals surface area contributed by atoms with E-state index in [9.17, 15) is 4.79 Å². The van der Waals surface area contributed by atoms with Crippen LogP contribution in [-0.4, -0.2) is 27.5 Å². The van der Waals surface area contributed by atoms with Gasteiger partial charge in [0.05, 0.1) is 11.7 Å². The summed E-state index contributed by atoms with van der Waals surface area (Å²) in [6.45, 7) is 2.64. The van der Waals surface area contributed by atoms with Gasteiger partial charge in [0.25, 0.3) is 5.91 Å². The summed E-state index contributed by atoms with van der Waals surface area (Å²) in [5.74, 6) is 0.802. The molecule has 1 saturated heterocycles. The molecule has 0 aromatic carbocycles. The van der Waals surface area contributed by atoms with Gasteiger partial charge in [-0.15, -0.1) is 0 Å². The number of hydrogen-bond acceptors (Lipinski definition) is 4. The highest BCUT2D eigenvalue weighted by molar-refractivity contribution is 5.94. The van der Waals surface area contributed by atoms with Gasteiger partial charge in [-0.1, -0.05) is 5.16 Å². The van der Waals surface area contributed by atoms with Gasteiger partial charge in [-0.2, -0.15) is 0 Å². The Labute approximate surface area is 111 Å². The third kappa shape index (κ3) is 2.23. The average molecular weight is 257 g/mol. The zero-order valence-electron chi connectivity index (χ0n) is 10.7. The summed E-state index contributed by atoms with van der Waals surface area (Å²) in [5.41, 5.74) is 1.51. The molecular formula is C14H15N3O2. The summed E-state index contributed by atoms with van der Waals surface area (Å²) < 4.78 is 5.31. The molecule has 1 aliphatic rings. The first kappa shape index (κ1) is 11.9. The van der Waals surface area contributed by atoms with Crippen LogP contribution >= 0.6 is 0 Å². The molecule has 5 nitrogen and oxygen atoms in total. The van der Waals surface area contributed by atoms with E-state index in [2.05, 4.69) is 10.1 Å². The second-order valence-electron chi connectivity index (χ2n) is 4.76. The highest BCUT2D eigenvalue weighted by Gasteiger charge is 2.33. The number of hydrogen-bond donors (Lipinski definition) is 0. The lowest BCUT2D eigenvalue weighted by Gasteiger charge is -2.22. The van der Waals surface area contributed by atoms with E-state index in [-0.39, 0.29) is 11.9 Å². The lowest BCUT2D eigenvalue weighted by molar-refractivity contribution is 0.0714. The van der Waals surface area contributed by atoms with Crippen molar-refractivity contribution in [3.8, 4) is 0 Å². The fraction of sp³-hybridized carbons (Fsp3) is 0.357. The largest absolute Gasteiger partial charge is 0.359 e. The van der Waals surface area contributed by atoms with Crippen LogP contribution in [0.5, 0.6) is 0 Å². The highest BCUT2D eigenvalue weighted by atomic mass is 16.5. The van der Waals surface area contributed by atoms with Gasteiger partial charge in [0.15, 0.2) is 5.76 Å². The minimum Gasteiger partial charge on any atom is -0.359 e. The summed E-state index contributed by atoms with van der Waals surface area (Å²) >= 11 is 0. The normalized spacial score (nSPS) is 18.8. The fourth-order valence-corrected chi connectivity index (χ4v) is 2.51. The smallest absolute Gasteiger partial charge is 0.254 e. The Balaban J connectivity index is 1.86. The summed E-state index contributed by atoms with van der Waals surface area (Å²) in [5, 5.41) is 3.90. The van der Waals surface area contributed by atoms with Crippen molar-refractivity contribution in [2.24, 2.45) is 0 Å². The molecular weight excluding hydrogens is 242 g/mol. The lowest BCUT2D eigenvalue weighted by Crippen LogP contribution is -2.30. The summed E-state index contributed by atoms with van der Waals surface area (Å²) in [6, 6.07) is 5.39. The van der Waals surface area contributed by atoms with Crippen LogP contribution in [0.3, 0.4) is 0 Å². The number of pyridine rings is 1. The first-order chi connectivity index (χ1) is 9.25. The summed E-state index contributed by atoms with van der Waals surface area (Å²) in [4.78, 5) is 18.3. The minimum absolute atomic E-state index is 0.00173. The molecule has 0 aliphatic carbocycles. The van der Waals surface area contributed by atoms with Crippen LogP contribution in [-0.2, 0) is 0 Å². The minimum atomic E-state index is 0.00173. The molecule has 0 bridgehead atoms. The molecule has 0 N–H and O–H groups in total. The van der Waals surface area contributed by atoms with Crippen LogP contribution in [0.15, 0.2) is 35.1 Å². The van der Waals surface area contributed by atoms with Crippen molar-refractivity contribution >= 4 is 5.91 Å². The van der Waals surface area contributed by atoms with E-state index < -0.39 is 0 Å². The number of carbonyl (C=O) groups is 1. The predicted octanol–water partition coefficient (Wildman–Crippen LogP) is 2.36. The van der Waals surface area contributed by atoms with Gasteiger partial charge >= 0.3 is 0 Å². The summed E-state index contributed by atoms with van der Waals surface area (Å²) in [7, 11) is 0.